The number of rotatable bonds is 4. The average Bonchev–Trinajstić information content (AvgIpc) is 3.20. The van der Waals surface area contributed by atoms with Crippen molar-refractivity contribution in [2.45, 2.75) is 75.2 Å². The molecular formula is C25H32FN5O. The van der Waals surface area contributed by atoms with Gasteiger partial charge in [-0.2, -0.15) is 0 Å². The number of hydrazine groups is 1. The van der Waals surface area contributed by atoms with Crippen molar-refractivity contribution >= 4 is 5.57 Å². The third kappa shape index (κ3) is 3.38. The zero-order valence-corrected chi connectivity index (χ0v) is 18.5. The molecule has 1 aromatic carbocycles. The second-order valence-corrected chi connectivity index (χ2v) is 10.1. The molecule has 2 saturated carbocycles. The van der Waals surface area contributed by atoms with Crippen molar-refractivity contribution in [3.8, 4) is 5.75 Å². The van der Waals surface area contributed by atoms with E-state index in [4.69, 9.17) is 4.98 Å². The molecule has 2 aliphatic carbocycles. The summed E-state index contributed by atoms with van der Waals surface area (Å²) in [7, 11) is 0. The van der Waals surface area contributed by atoms with Gasteiger partial charge in [-0.3, -0.25) is 5.43 Å². The molecule has 170 valence electrons. The minimum atomic E-state index is -0.989. The molecule has 7 heteroatoms. The number of aromatic amines is 1. The number of benzene rings is 1. The van der Waals surface area contributed by atoms with Gasteiger partial charge in [0.1, 0.15) is 17.7 Å². The van der Waals surface area contributed by atoms with Gasteiger partial charge in [-0.15, -0.1) is 0 Å². The fraction of sp³-hybridized carbons (Fsp3) is 0.560. The summed E-state index contributed by atoms with van der Waals surface area (Å²) >= 11 is 0. The summed E-state index contributed by atoms with van der Waals surface area (Å²) in [6.45, 7) is 2.97. The first-order valence-electron chi connectivity index (χ1n) is 12.0. The highest BCUT2D eigenvalue weighted by Gasteiger charge is 2.49. The Labute approximate surface area is 188 Å². The van der Waals surface area contributed by atoms with Crippen molar-refractivity contribution in [2.75, 3.05) is 6.54 Å². The Balaban J connectivity index is 1.19. The monoisotopic (exact) mass is 437 g/mol. The highest BCUT2D eigenvalue weighted by molar-refractivity contribution is 5.65. The molecule has 1 saturated heterocycles. The Morgan fingerprint density at radius 2 is 2.09 bits per heavy atom. The van der Waals surface area contributed by atoms with Crippen molar-refractivity contribution < 1.29 is 9.50 Å². The number of aromatic nitrogens is 2. The van der Waals surface area contributed by atoms with Crippen LogP contribution in [0.3, 0.4) is 0 Å². The zero-order valence-electron chi connectivity index (χ0n) is 18.5. The SMILES string of the molecule is CCc1cc(O)ccc1C1CCC2C(c3ncc(C4=CCNC5(CC5)C4)[nH]3)NNC2C1F. The van der Waals surface area contributed by atoms with Crippen molar-refractivity contribution in [1.82, 2.24) is 26.1 Å². The van der Waals surface area contributed by atoms with E-state index < -0.39 is 6.17 Å². The number of nitrogens with zero attached hydrogens (tertiary/aromatic N) is 1. The van der Waals surface area contributed by atoms with E-state index in [1.807, 2.05) is 12.3 Å². The number of hydrogen-bond acceptors (Lipinski definition) is 5. The maximum Gasteiger partial charge on any atom is 0.125 e. The first-order valence-corrected chi connectivity index (χ1v) is 12.0. The third-order valence-electron chi connectivity index (χ3n) is 8.18. The van der Waals surface area contributed by atoms with Crippen LogP contribution in [0.5, 0.6) is 5.75 Å². The molecule has 5 N–H and O–H groups in total. The van der Waals surface area contributed by atoms with E-state index in [9.17, 15) is 5.11 Å². The molecule has 0 amide bonds. The summed E-state index contributed by atoms with van der Waals surface area (Å²) in [6, 6.07) is 5.10. The normalized spacial score (nSPS) is 33.2. The molecule has 6 rings (SSSR count). The summed E-state index contributed by atoms with van der Waals surface area (Å²) in [4.78, 5) is 8.25. The van der Waals surface area contributed by atoms with Crippen molar-refractivity contribution in [1.29, 1.82) is 0 Å². The minimum absolute atomic E-state index is 0.0179. The molecule has 1 spiro atoms. The van der Waals surface area contributed by atoms with Crippen LogP contribution in [0.15, 0.2) is 30.5 Å². The van der Waals surface area contributed by atoms with E-state index in [0.717, 1.165) is 54.9 Å². The van der Waals surface area contributed by atoms with Crippen LogP contribution in [-0.2, 0) is 6.42 Å². The Hall–Kier alpha value is -2.22. The molecule has 5 atom stereocenters. The lowest BCUT2D eigenvalue weighted by atomic mass is 9.71. The smallest absolute Gasteiger partial charge is 0.125 e. The fourth-order valence-corrected chi connectivity index (χ4v) is 6.17. The van der Waals surface area contributed by atoms with Crippen LogP contribution in [0.4, 0.5) is 4.39 Å². The van der Waals surface area contributed by atoms with Crippen LogP contribution in [0.25, 0.3) is 5.57 Å². The molecule has 0 bridgehead atoms. The molecule has 3 fully saturated rings. The highest BCUT2D eigenvalue weighted by atomic mass is 19.1. The summed E-state index contributed by atoms with van der Waals surface area (Å²) in [5.74, 6) is 1.15. The highest BCUT2D eigenvalue weighted by Crippen LogP contribution is 2.47. The molecule has 2 aromatic rings. The molecule has 4 aliphatic rings. The molecule has 0 radical (unpaired) electrons. The number of aryl methyl sites for hydroxylation is 1. The van der Waals surface area contributed by atoms with Crippen LogP contribution in [0, 0.1) is 5.92 Å². The van der Waals surface area contributed by atoms with E-state index in [-0.39, 0.29) is 29.7 Å². The van der Waals surface area contributed by atoms with E-state index in [0.29, 0.717) is 5.54 Å². The molecule has 32 heavy (non-hydrogen) atoms. The number of halogens is 1. The molecule has 2 aliphatic heterocycles. The van der Waals surface area contributed by atoms with Gasteiger partial charge in [0.25, 0.3) is 0 Å². The van der Waals surface area contributed by atoms with Gasteiger partial charge in [0.05, 0.1) is 24.0 Å². The first kappa shape index (κ1) is 20.4. The summed E-state index contributed by atoms with van der Waals surface area (Å²) in [5.41, 5.74) is 11.4. The van der Waals surface area contributed by atoms with Crippen LogP contribution >= 0.6 is 0 Å². The fourth-order valence-electron chi connectivity index (χ4n) is 6.17. The van der Waals surface area contributed by atoms with Gasteiger partial charge in [-0.05, 0) is 67.4 Å². The maximum atomic E-state index is 15.8. The number of nitrogens with one attached hydrogen (secondary N) is 4. The topological polar surface area (TPSA) is 85.0 Å². The predicted octanol–water partition coefficient (Wildman–Crippen LogP) is 3.64. The average molecular weight is 438 g/mol. The summed E-state index contributed by atoms with van der Waals surface area (Å²) in [5, 5.41) is 13.5. The quantitative estimate of drug-likeness (QED) is 0.504. The third-order valence-corrected chi connectivity index (χ3v) is 8.18. The van der Waals surface area contributed by atoms with Gasteiger partial charge in [-0.1, -0.05) is 19.1 Å². The van der Waals surface area contributed by atoms with Gasteiger partial charge in [0.2, 0.25) is 0 Å². The second-order valence-electron chi connectivity index (χ2n) is 10.1. The number of aromatic hydroxyl groups is 1. The lowest BCUT2D eigenvalue weighted by molar-refractivity contribution is 0.135. The Morgan fingerprint density at radius 1 is 1.22 bits per heavy atom. The number of phenols is 1. The maximum absolute atomic E-state index is 15.8. The Kier molecular flexibility index (Phi) is 4.89. The molecule has 6 nitrogen and oxygen atoms in total. The van der Waals surface area contributed by atoms with Gasteiger partial charge in [0.15, 0.2) is 0 Å². The number of alkyl halides is 1. The van der Waals surface area contributed by atoms with Crippen molar-refractivity contribution in [3.05, 3.63) is 53.1 Å². The number of fused-ring (bicyclic) bond motifs is 1. The lowest BCUT2D eigenvalue weighted by Crippen LogP contribution is -2.45. The largest absolute Gasteiger partial charge is 0.508 e. The van der Waals surface area contributed by atoms with Crippen LogP contribution < -0.4 is 16.2 Å². The van der Waals surface area contributed by atoms with E-state index in [1.165, 1.54) is 18.4 Å². The predicted molar refractivity (Wildman–Crippen MR) is 122 cm³/mol. The summed E-state index contributed by atoms with van der Waals surface area (Å²) < 4.78 is 15.8. The van der Waals surface area contributed by atoms with Crippen LogP contribution in [-0.4, -0.2) is 39.4 Å². The zero-order chi connectivity index (χ0) is 21.9. The van der Waals surface area contributed by atoms with Gasteiger partial charge in [0, 0.05) is 23.9 Å². The molecule has 1 aromatic heterocycles. The van der Waals surface area contributed by atoms with Gasteiger partial charge in [-0.25, -0.2) is 14.8 Å². The Bertz CT molecular complexity index is 1040. The van der Waals surface area contributed by atoms with E-state index in [2.05, 4.69) is 34.2 Å². The molecular weight excluding hydrogens is 405 g/mol. The first-order chi connectivity index (χ1) is 15.6. The number of imidazole rings is 1. The second kappa shape index (κ2) is 7.68. The van der Waals surface area contributed by atoms with Crippen molar-refractivity contribution in [3.63, 3.8) is 0 Å². The molecule has 5 unspecified atom stereocenters. The van der Waals surface area contributed by atoms with Gasteiger partial charge >= 0.3 is 0 Å². The van der Waals surface area contributed by atoms with E-state index in [1.54, 1.807) is 12.1 Å². The molecule has 3 heterocycles. The summed E-state index contributed by atoms with van der Waals surface area (Å²) in [6.07, 6.45) is 9.29. The number of phenolic OH excluding ortho intramolecular Hbond substituents is 1. The standard InChI is InChI=1S/C25H32FN5O/c1-2-14-11-16(32)3-4-17(14)18-5-6-19-22(21(18)26)30-31-23(19)24-27-13-20(29-24)15-7-10-28-25(12-15)8-9-25/h3-4,7,11,13,18-19,21-23,28,30-32H,2,5-6,8-10,12H2,1H3,(H,27,29). The van der Waals surface area contributed by atoms with Crippen LogP contribution in [0.1, 0.15) is 73.6 Å². The lowest BCUT2D eigenvalue weighted by Gasteiger charge is -2.36. The van der Waals surface area contributed by atoms with Crippen LogP contribution in [0.2, 0.25) is 0 Å². The number of hydrogen-bond donors (Lipinski definition) is 5. The van der Waals surface area contributed by atoms with E-state index >= 15 is 4.39 Å². The van der Waals surface area contributed by atoms with Crippen molar-refractivity contribution in [2.24, 2.45) is 5.92 Å². The minimum Gasteiger partial charge on any atom is -0.508 e. The Morgan fingerprint density at radius 3 is 2.91 bits per heavy atom. The van der Waals surface area contributed by atoms with Gasteiger partial charge < -0.3 is 15.4 Å². The number of H-pyrrole nitrogens is 1.